The summed E-state index contributed by atoms with van der Waals surface area (Å²) in [7, 11) is 0. The summed E-state index contributed by atoms with van der Waals surface area (Å²) in [5.74, 6) is -0.837. The second-order valence-electron chi connectivity index (χ2n) is 4.92. The molecule has 23 heavy (non-hydrogen) atoms. The predicted octanol–water partition coefficient (Wildman–Crippen LogP) is 2.57. The second kappa shape index (κ2) is 8.29. The summed E-state index contributed by atoms with van der Waals surface area (Å²) >= 11 is 5.78. The van der Waals surface area contributed by atoms with E-state index in [0.717, 1.165) is 5.56 Å². The van der Waals surface area contributed by atoms with E-state index < -0.39 is 5.82 Å². The van der Waals surface area contributed by atoms with Gasteiger partial charge in [0, 0.05) is 23.7 Å². The van der Waals surface area contributed by atoms with Crippen molar-refractivity contribution < 1.29 is 14.0 Å². The van der Waals surface area contributed by atoms with Gasteiger partial charge in [0.2, 0.25) is 5.91 Å². The number of rotatable bonds is 6. The lowest BCUT2D eigenvalue weighted by Crippen LogP contribution is -2.35. The molecule has 0 aliphatic rings. The molecule has 6 heteroatoms. The van der Waals surface area contributed by atoms with E-state index in [1.807, 2.05) is 0 Å². The van der Waals surface area contributed by atoms with E-state index >= 15 is 0 Å². The number of hydrogen-bond acceptors (Lipinski definition) is 2. The Kier molecular flexibility index (Phi) is 6.11. The number of halogens is 2. The maximum absolute atomic E-state index is 12.8. The fraction of sp³-hybridized carbons (Fsp3) is 0.176. The van der Waals surface area contributed by atoms with E-state index in [0.29, 0.717) is 23.7 Å². The molecule has 2 aromatic carbocycles. The van der Waals surface area contributed by atoms with Crippen molar-refractivity contribution in [3.05, 3.63) is 70.5 Å². The van der Waals surface area contributed by atoms with Crippen molar-refractivity contribution >= 4 is 23.4 Å². The Labute approximate surface area is 138 Å². The van der Waals surface area contributed by atoms with E-state index in [2.05, 4.69) is 10.6 Å². The second-order valence-corrected chi connectivity index (χ2v) is 5.35. The van der Waals surface area contributed by atoms with Crippen molar-refractivity contribution in [2.24, 2.45) is 0 Å². The molecule has 0 saturated heterocycles. The number of amides is 2. The minimum Gasteiger partial charge on any atom is -0.354 e. The monoisotopic (exact) mass is 334 g/mol. The van der Waals surface area contributed by atoms with Crippen molar-refractivity contribution in [1.82, 2.24) is 10.6 Å². The van der Waals surface area contributed by atoms with Gasteiger partial charge in [-0.3, -0.25) is 9.59 Å². The molecule has 0 fully saturated rings. The Bertz CT molecular complexity index is 672. The summed E-state index contributed by atoms with van der Waals surface area (Å²) in [6.45, 7) is 0.613. The Morgan fingerprint density at radius 1 is 0.913 bits per heavy atom. The first-order valence-corrected chi connectivity index (χ1v) is 7.47. The fourth-order valence-electron chi connectivity index (χ4n) is 1.93. The molecule has 4 nitrogen and oxygen atoms in total. The van der Waals surface area contributed by atoms with Gasteiger partial charge in [-0.1, -0.05) is 23.7 Å². The molecule has 0 spiro atoms. The SMILES string of the molecule is O=C(Cc1ccc(Cl)cc1)NCCNC(=O)c1ccc(F)cc1. The molecule has 0 heterocycles. The van der Waals surface area contributed by atoms with Crippen LogP contribution in [0.4, 0.5) is 4.39 Å². The van der Waals surface area contributed by atoms with Crippen molar-refractivity contribution in [2.75, 3.05) is 13.1 Å². The highest BCUT2D eigenvalue weighted by Gasteiger charge is 2.06. The zero-order valence-corrected chi connectivity index (χ0v) is 13.1. The van der Waals surface area contributed by atoms with Crippen LogP contribution in [0.2, 0.25) is 5.02 Å². The molecule has 120 valence electrons. The summed E-state index contributed by atoms with van der Waals surface area (Å²) in [6.07, 6.45) is 0.253. The number of hydrogen-bond donors (Lipinski definition) is 2. The average molecular weight is 335 g/mol. The van der Waals surface area contributed by atoms with E-state index in [1.165, 1.54) is 24.3 Å². The van der Waals surface area contributed by atoms with Crippen molar-refractivity contribution in [3.8, 4) is 0 Å². The van der Waals surface area contributed by atoms with Crippen LogP contribution in [0.3, 0.4) is 0 Å². The lowest BCUT2D eigenvalue weighted by atomic mass is 10.1. The van der Waals surface area contributed by atoms with Gasteiger partial charge in [-0.25, -0.2) is 4.39 Å². The number of benzene rings is 2. The van der Waals surface area contributed by atoms with Crippen LogP contribution in [0.25, 0.3) is 0 Å². The van der Waals surface area contributed by atoms with Gasteiger partial charge in [-0.2, -0.15) is 0 Å². The van der Waals surface area contributed by atoms with Crippen LogP contribution in [0, 0.1) is 5.82 Å². The lowest BCUT2D eigenvalue weighted by Gasteiger charge is -2.07. The van der Waals surface area contributed by atoms with Crippen LogP contribution in [0.15, 0.2) is 48.5 Å². The van der Waals surface area contributed by atoms with Gasteiger partial charge in [0.1, 0.15) is 5.82 Å². The first-order valence-electron chi connectivity index (χ1n) is 7.09. The average Bonchev–Trinajstić information content (AvgIpc) is 2.54. The first-order chi connectivity index (χ1) is 11.0. The van der Waals surface area contributed by atoms with Crippen LogP contribution in [-0.2, 0) is 11.2 Å². The van der Waals surface area contributed by atoms with Gasteiger partial charge in [-0.05, 0) is 42.0 Å². The van der Waals surface area contributed by atoms with Gasteiger partial charge in [-0.15, -0.1) is 0 Å². The van der Waals surface area contributed by atoms with E-state index in [9.17, 15) is 14.0 Å². The maximum Gasteiger partial charge on any atom is 0.251 e. The summed E-state index contributed by atoms with van der Waals surface area (Å²) in [5, 5.41) is 5.99. The minimum absolute atomic E-state index is 0.136. The minimum atomic E-state index is -0.393. The maximum atomic E-state index is 12.8. The van der Waals surface area contributed by atoms with Crippen LogP contribution in [0.5, 0.6) is 0 Å². The zero-order valence-electron chi connectivity index (χ0n) is 12.3. The molecule has 2 amide bonds. The van der Waals surface area contributed by atoms with Gasteiger partial charge in [0.25, 0.3) is 5.91 Å². The molecule has 0 radical (unpaired) electrons. The molecular weight excluding hydrogens is 319 g/mol. The Balaban J connectivity index is 1.68. The molecule has 0 unspecified atom stereocenters. The Morgan fingerprint density at radius 3 is 2.17 bits per heavy atom. The largest absolute Gasteiger partial charge is 0.354 e. The normalized spacial score (nSPS) is 10.2. The highest BCUT2D eigenvalue weighted by molar-refractivity contribution is 6.30. The van der Waals surface area contributed by atoms with Crippen molar-refractivity contribution in [3.63, 3.8) is 0 Å². The molecule has 0 aliphatic heterocycles. The molecule has 0 bridgehead atoms. The highest BCUT2D eigenvalue weighted by Crippen LogP contribution is 2.09. The van der Waals surface area contributed by atoms with Crippen molar-refractivity contribution in [1.29, 1.82) is 0 Å². The van der Waals surface area contributed by atoms with Crippen LogP contribution in [0.1, 0.15) is 15.9 Å². The topological polar surface area (TPSA) is 58.2 Å². The summed E-state index contributed by atoms with van der Waals surface area (Å²) in [4.78, 5) is 23.5. The smallest absolute Gasteiger partial charge is 0.251 e. The molecular formula is C17H16ClFN2O2. The first kappa shape index (κ1) is 17.0. The summed E-state index contributed by atoms with van der Waals surface area (Å²) in [6, 6.07) is 12.3. The zero-order chi connectivity index (χ0) is 16.7. The van der Waals surface area contributed by atoms with Crippen molar-refractivity contribution in [2.45, 2.75) is 6.42 Å². The van der Waals surface area contributed by atoms with Gasteiger partial charge in [0.05, 0.1) is 6.42 Å². The third kappa shape index (κ3) is 5.71. The number of nitrogens with one attached hydrogen (secondary N) is 2. The van der Waals surface area contributed by atoms with Crippen LogP contribution < -0.4 is 10.6 Å². The molecule has 2 aromatic rings. The highest BCUT2D eigenvalue weighted by atomic mass is 35.5. The molecule has 2 N–H and O–H groups in total. The predicted molar refractivity (Wildman–Crippen MR) is 86.9 cm³/mol. The Hall–Kier alpha value is -2.40. The van der Waals surface area contributed by atoms with E-state index in [4.69, 9.17) is 11.6 Å². The fourth-order valence-corrected chi connectivity index (χ4v) is 2.06. The van der Waals surface area contributed by atoms with Gasteiger partial charge < -0.3 is 10.6 Å². The molecule has 0 saturated carbocycles. The Morgan fingerprint density at radius 2 is 1.52 bits per heavy atom. The van der Waals surface area contributed by atoms with Crippen LogP contribution >= 0.6 is 11.6 Å². The number of carbonyl (C=O) groups is 2. The molecule has 0 atom stereocenters. The molecule has 2 rings (SSSR count). The summed E-state index contributed by atoms with van der Waals surface area (Å²) < 4.78 is 12.8. The van der Waals surface area contributed by atoms with Gasteiger partial charge >= 0.3 is 0 Å². The molecule has 0 aromatic heterocycles. The van der Waals surface area contributed by atoms with Gasteiger partial charge in [0.15, 0.2) is 0 Å². The van der Waals surface area contributed by atoms with E-state index in [1.54, 1.807) is 24.3 Å². The third-order valence-electron chi connectivity index (χ3n) is 3.12. The quantitative estimate of drug-likeness (QED) is 0.798. The standard InChI is InChI=1S/C17H16ClFN2O2/c18-14-5-1-12(2-6-14)11-16(22)20-9-10-21-17(23)13-3-7-15(19)8-4-13/h1-8H,9-11H2,(H,20,22)(H,21,23). The van der Waals surface area contributed by atoms with Crippen LogP contribution in [-0.4, -0.2) is 24.9 Å². The number of carbonyl (C=O) groups excluding carboxylic acids is 2. The summed E-state index contributed by atoms with van der Waals surface area (Å²) in [5.41, 5.74) is 1.24. The van der Waals surface area contributed by atoms with E-state index in [-0.39, 0.29) is 18.2 Å². The lowest BCUT2D eigenvalue weighted by molar-refractivity contribution is -0.120. The molecule has 0 aliphatic carbocycles. The third-order valence-corrected chi connectivity index (χ3v) is 3.37.